The second kappa shape index (κ2) is 5.25. The first-order valence-electron chi connectivity index (χ1n) is 6.57. The third kappa shape index (κ3) is 2.18. The Morgan fingerprint density at radius 3 is 2.95 bits per heavy atom. The van der Waals surface area contributed by atoms with E-state index in [1.165, 1.54) is 17.0 Å². The van der Waals surface area contributed by atoms with Gasteiger partial charge in [-0.1, -0.05) is 12.1 Å². The number of nitrogen functional groups attached to an aromatic ring is 1. The van der Waals surface area contributed by atoms with Crippen molar-refractivity contribution in [2.45, 2.75) is 18.9 Å². The molecule has 5 heteroatoms. The second-order valence-electron chi connectivity index (χ2n) is 4.87. The molecule has 0 aliphatic carbocycles. The molecule has 2 aromatic rings. The summed E-state index contributed by atoms with van der Waals surface area (Å²) < 4.78 is 13.5. The Kier molecular flexibility index (Phi) is 3.44. The molecule has 2 heterocycles. The maximum Gasteiger partial charge on any atom is 0.256 e. The van der Waals surface area contributed by atoms with Gasteiger partial charge in [0.25, 0.3) is 5.91 Å². The van der Waals surface area contributed by atoms with Gasteiger partial charge >= 0.3 is 0 Å². The van der Waals surface area contributed by atoms with Crippen LogP contribution in [-0.2, 0) is 0 Å². The quantitative estimate of drug-likeness (QED) is 0.861. The minimum Gasteiger partial charge on any atom is -0.396 e. The number of hydrogen-bond donors (Lipinski definition) is 1. The lowest BCUT2D eigenvalue weighted by Gasteiger charge is -2.24. The number of rotatable bonds is 2. The lowest BCUT2D eigenvalue weighted by molar-refractivity contribution is 0.0738. The summed E-state index contributed by atoms with van der Waals surface area (Å²) in [5.41, 5.74) is 5.89. The Labute approximate surface area is 120 Å². The molecular formula is C15H15FN2OS. The van der Waals surface area contributed by atoms with Crippen molar-refractivity contribution in [3.05, 3.63) is 52.0 Å². The Balaban J connectivity index is 1.92. The highest BCUT2D eigenvalue weighted by atomic mass is 32.1. The van der Waals surface area contributed by atoms with E-state index in [1.54, 1.807) is 22.3 Å². The summed E-state index contributed by atoms with van der Waals surface area (Å²) in [6.07, 6.45) is 1.91. The van der Waals surface area contributed by atoms with E-state index in [0.29, 0.717) is 6.54 Å². The number of benzene rings is 1. The monoisotopic (exact) mass is 290 g/mol. The van der Waals surface area contributed by atoms with Crippen LogP contribution in [-0.4, -0.2) is 17.4 Å². The molecule has 1 amide bonds. The van der Waals surface area contributed by atoms with Crippen molar-refractivity contribution in [2.24, 2.45) is 0 Å². The molecule has 0 saturated carbocycles. The molecule has 1 aromatic carbocycles. The predicted molar refractivity (Wildman–Crippen MR) is 78.1 cm³/mol. The molecule has 20 heavy (non-hydrogen) atoms. The number of likely N-dealkylation sites (tertiary alicyclic amines) is 1. The van der Waals surface area contributed by atoms with E-state index in [1.807, 2.05) is 17.5 Å². The third-order valence-corrected chi connectivity index (χ3v) is 4.64. The van der Waals surface area contributed by atoms with Gasteiger partial charge in [-0.3, -0.25) is 4.79 Å². The number of para-hydroxylation sites is 1. The molecule has 104 valence electrons. The molecule has 3 nitrogen and oxygen atoms in total. The topological polar surface area (TPSA) is 46.3 Å². The average molecular weight is 290 g/mol. The van der Waals surface area contributed by atoms with Gasteiger partial charge in [-0.2, -0.15) is 0 Å². The fourth-order valence-electron chi connectivity index (χ4n) is 2.66. The van der Waals surface area contributed by atoms with Crippen LogP contribution in [0.1, 0.15) is 34.1 Å². The van der Waals surface area contributed by atoms with Crippen LogP contribution < -0.4 is 5.73 Å². The van der Waals surface area contributed by atoms with Crippen LogP contribution in [0.3, 0.4) is 0 Å². The molecular weight excluding hydrogens is 275 g/mol. The summed E-state index contributed by atoms with van der Waals surface area (Å²) in [6, 6.07) is 8.49. The number of anilines is 1. The zero-order valence-electron chi connectivity index (χ0n) is 10.9. The van der Waals surface area contributed by atoms with Gasteiger partial charge in [-0.15, -0.1) is 11.3 Å². The lowest BCUT2D eigenvalue weighted by Crippen LogP contribution is -2.30. The first kappa shape index (κ1) is 13.1. The van der Waals surface area contributed by atoms with Crippen LogP contribution in [0.2, 0.25) is 0 Å². The second-order valence-corrected chi connectivity index (χ2v) is 5.85. The average Bonchev–Trinajstić information content (AvgIpc) is 3.10. The molecule has 1 aromatic heterocycles. The van der Waals surface area contributed by atoms with Gasteiger partial charge in [0.2, 0.25) is 0 Å². The van der Waals surface area contributed by atoms with Crippen LogP contribution in [0.15, 0.2) is 35.7 Å². The van der Waals surface area contributed by atoms with Crippen molar-refractivity contribution in [3.63, 3.8) is 0 Å². The summed E-state index contributed by atoms with van der Waals surface area (Å²) in [5.74, 6) is -0.722. The van der Waals surface area contributed by atoms with Gasteiger partial charge in [-0.25, -0.2) is 4.39 Å². The molecule has 0 bridgehead atoms. The molecule has 1 unspecified atom stereocenters. The summed E-state index contributed by atoms with van der Waals surface area (Å²) >= 11 is 1.64. The Bertz CT molecular complexity index is 627. The molecule has 1 atom stereocenters. The number of halogens is 1. The first-order chi connectivity index (χ1) is 9.68. The standard InChI is InChI=1S/C15H15FN2OS/c16-11-5-1-4-10(14(11)17)15(19)18-8-2-6-12(18)13-7-3-9-20-13/h1,3-5,7,9,12H,2,6,8,17H2. The Morgan fingerprint density at radius 1 is 1.35 bits per heavy atom. The molecule has 0 radical (unpaired) electrons. The van der Waals surface area contributed by atoms with Crippen molar-refractivity contribution in [2.75, 3.05) is 12.3 Å². The summed E-state index contributed by atoms with van der Waals surface area (Å²) in [6.45, 7) is 0.692. The molecule has 1 fully saturated rings. The first-order valence-corrected chi connectivity index (χ1v) is 7.45. The highest BCUT2D eigenvalue weighted by Crippen LogP contribution is 2.36. The number of carbonyl (C=O) groups is 1. The summed E-state index contributed by atoms with van der Waals surface area (Å²) in [7, 11) is 0. The van der Waals surface area contributed by atoms with Crippen molar-refractivity contribution < 1.29 is 9.18 Å². The van der Waals surface area contributed by atoms with Crippen LogP contribution in [0.5, 0.6) is 0 Å². The van der Waals surface area contributed by atoms with Gasteiger partial charge in [0.05, 0.1) is 17.3 Å². The predicted octanol–water partition coefficient (Wildman–Crippen LogP) is 3.45. The molecule has 3 rings (SSSR count). The fourth-order valence-corrected chi connectivity index (χ4v) is 3.54. The van der Waals surface area contributed by atoms with E-state index in [2.05, 4.69) is 0 Å². The number of thiophene rings is 1. The number of carbonyl (C=O) groups excluding carboxylic acids is 1. The highest BCUT2D eigenvalue weighted by Gasteiger charge is 2.32. The van der Waals surface area contributed by atoms with E-state index < -0.39 is 5.82 Å². The minimum absolute atomic E-state index is 0.0608. The van der Waals surface area contributed by atoms with Gasteiger partial charge in [0, 0.05) is 11.4 Å². The Morgan fingerprint density at radius 2 is 2.20 bits per heavy atom. The third-order valence-electron chi connectivity index (χ3n) is 3.67. The van der Waals surface area contributed by atoms with E-state index >= 15 is 0 Å². The molecule has 1 saturated heterocycles. The summed E-state index contributed by atoms with van der Waals surface area (Å²) in [5, 5.41) is 2.01. The lowest BCUT2D eigenvalue weighted by atomic mass is 10.1. The maximum atomic E-state index is 13.5. The molecule has 2 N–H and O–H groups in total. The minimum atomic E-state index is -0.539. The van der Waals surface area contributed by atoms with E-state index in [4.69, 9.17) is 5.73 Å². The number of nitrogens with two attached hydrogens (primary N) is 1. The molecule has 1 aliphatic rings. The number of amides is 1. The van der Waals surface area contributed by atoms with Crippen LogP contribution in [0.25, 0.3) is 0 Å². The van der Waals surface area contributed by atoms with Crippen molar-refractivity contribution >= 4 is 22.9 Å². The maximum absolute atomic E-state index is 13.5. The van der Waals surface area contributed by atoms with Crippen molar-refractivity contribution in [1.29, 1.82) is 0 Å². The van der Waals surface area contributed by atoms with Gasteiger partial charge in [0.15, 0.2) is 0 Å². The van der Waals surface area contributed by atoms with Crippen molar-refractivity contribution in [3.8, 4) is 0 Å². The van der Waals surface area contributed by atoms with Gasteiger partial charge in [0.1, 0.15) is 5.82 Å². The van der Waals surface area contributed by atoms with E-state index in [9.17, 15) is 9.18 Å². The van der Waals surface area contributed by atoms with Gasteiger partial charge < -0.3 is 10.6 Å². The molecule has 1 aliphatic heterocycles. The summed E-state index contributed by atoms with van der Waals surface area (Å²) in [4.78, 5) is 15.6. The van der Waals surface area contributed by atoms with Crippen molar-refractivity contribution in [1.82, 2.24) is 4.90 Å². The zero-order chi connectivity index (χ0) is 14.1. The number of nitrogens with zero attached hydrogens (tertiary/aromatic N) is 1. The normalized spacial score (nSPS) is 18.4. The van der Waals surface area contributed by atoms with Crippen LogP contribution >= 0.6 is 11.3 Å². The number of hydrogen-bond acceptors (Lipinski definition) is 3. The zero-order valence-corrected chi connectivity index (χ0v) is 11.7. The molecule has 0 spiro atoms. The van der Waals surface area contributed by atoms with E-state index in [-0.39, 0.29) is 23.2 Å². The van der Waals surface area contributed by atoms with Crippen LogP contribution in [0.4, 0.5) is 10.1 Å². The SMILES string of the molecule is Nc1c(F)cccc1C(=O)N1CCCC1c1cccs1. The highest BCUT2D eigenvalue weighted by molar-refractivity contribution is 7.10. The fraction of sp³-hybridized carbons (Fsp3) is 0.267. The van der Waals surface area contributed by atoms with E-state index in [0.717, 1.165) is 12.8 Å². The smallest absolute Gasteiger partial charge is 0.256 e. The van der Waals surface area contributed by atoms with Gasteiger partial charge in [-0.05, 0) is 36.4 Å². The Hall–Kier alpha value is -1.88. The largest absolute Gasteiger partial charge is 0.396 e. The van der Waals surface area contributed by atoms with Crippen LogP contribution in [0, 0.1) is 5.82 Å².